The van der Waals surface area contributed by atoms with Crippen LogP contribution in [0.3, 0.4) is 0 Å². The standard InChI is InChI=1S/C14H22N2O2/c17-11-10-15-6-8-16(9-7-15)12-14(18)13-4-2-1-3-5-13/h1-5,14,17-18H,6-12H2/t14-/m1/s1. The third-order valence-electron chi connectivity index (χ3n) is 3.50. The zero-order valence-electron chi connectivity index (χ0n) is 10.7. The highest BCUT2D eigenvalue weighted by Gasteiger charge is 2.19. The Morgan fingerprint density at radius 3 is 2.22 bits per heavy atom. The number of rotatable bonds is 5. The molecule has 4 heteroatoms. The molecule has 18 heavy (non-hydrogen) atoms. The van der Waals surface area contributed by atoms with Gasteiger partial charge in [0.2, 0.25) is 0 Å². The van der Waals surface area contributed by atoms with Gasteiger partial charge in [0.1, 0.15) is 0 Å². The van der Waals surface area contributed by atoms with E-state index >= 15 is 0 Å². The van der Waals surface area contributed by atoms with Gasteiger partial charge in [0, 0.05) is 39.3 Å². The highest BCUT2D eigenvalue weighted by atomic mass is 16.3. The first-order chi connectivity index (χ1) is 8.79. The van der Waals surface area contributed by atoms with Crippen LogP contribution in [0.1, 0.15) is 11.7 Å². The molecule has 0 bridgehead atoms. The monoisotopic (exact) mass is 250 g/mol. The van der Waals surface area contributed by atoms with Gasteiger partial charge in [-0.25, -0.2) is 0 Å². The maximum Gasteiger partial charge on any atom is 0.0916 e. The van der Waals surface area contributed by atoms with E-state index in [1.807, 2.05) is 30.3 Å². The number of benzene rings is 1. The normalized spacial score (nSPS) is 19.9. The molecule has 0 aliphatic carbocycles. The molecule has 2 N–H and O–H groups in total. The molecule has 4 nitrogen and oxygen atoms in total. The van der Waals surface area contributed by atoms with Gasteiger partial charge < -0.3 is 10.2 Å². The molecular formula is C14H22N2O2. The maximum atomic E-state index is 10.1. The van der Waals surface area contributed by atoms with Crippen molar-refractivity contribution in [3.63, 3.8) is 0 Å². The summed E-state index contributed by atoms with van der Waals surface area (Å²) in [5.41, 5.74) is 0.982. The number of aliphatic hydroxyl groups excluding tert-OH is 2. The fourth-order valence-electron chi connectivity index (χ4n) is 2.36. The first-order valence-electron chi connectivity index (χ1n) is 6.58. The second-order valence-electron chi connectivity index (χ2n) is 4.79. The van der Waals surface area contributed by atoms with Crippen LogP contribution in [0.15, 0.2) is 30.3 Å². The molecule has 2 rings (SSSR count). The molecule has 0 aromatic heterocycles. The Bertz CT molecular complexity index is 337. The van der Waals surface area contributed by atoms with Crippen LogP contribution in [0.4, 0.5) is 0 Å². The molecule has 0 unspecified atom stereocenters. The summed E-state index contributed by atoms with van der Waals surface area (Å²) in [6, 6.07) is 9.80. The van der Waals surface area contributed by atoms with Crippen molar-refractivity contribution in [1.82, 2.24) is 9.80 Å². The van der Waals surface area contributed by atoms with E-state index in [1.165, 1.54) is 0 Å². The molecule has 1 aliphatic rings. The molecule has 0 radical (unpaired) electrons. The van der Waals surface area contributed by atoms with Crippen molar-refractivity contribution in [2.24, 2.45) is 0 Å². The van der Waals surface area contributed by atoms with E-state index in [4.69, 9.17) is 5.11 Å². The van der Waals surface area contributed by atoms with Crippen LogP contribution < -0.4 is 0 Å². The van der Waals surface area contributed by atoms with Gasteiger partial charge in [-0.1, -0.05) is 30.3 Å². The largest absolute Gasteiger partial charge is 0.395 e. The molecule has 0 amide bonds. The SMILES string of the molecule is OCCN1CCN(C[C@@H](O)c2ccccc2)CC1. The van der Waals surface area contributed by atoms with E-state index in [1.54, 1.807) is 0 Å². The van der Waals surface area contributed by atoms with Gasteiger partial charge >= 0.3 is 0 Å². The lowest BCUT2D eigenvalue weighted by molar-refractivity contribution is 0.0661. The Balaban J connectivity index is 1.78. The molecule has 1 saturated heterocycles. The number of hydrogen-bond acceptors (Lipinski definition) is 4. The number of piperazine rings is 1. The van der Waals surface area contributed by atoms with Gasteiger partial charge in [0.15, 0.2) is 0 Å². The van der Waals surface area contributed by atoms with E-state index in [9.17, 15) is 5.11 Å². The minimum Gasteiger partial charge on any atom is -0.395 e. The van der Waals surface area contributed by atoms with Gasteiger partial charge in [0.05, 0.1) is 12.7 Å². The van der Waals surface area contributed by atoms with Crippen molar-refractivity contribution in [3.05, 3.63) is 35.9 Å². The predicted molar refractivity (Wildman–Crippen MR) is 71.4 cm³/mol. The second kappa shape index (κ2) is 6.85. The average Bonchev–Trinajstić information content (AvgIpc) is 2.42. The molecule has 1 heterocycles. The average molecular weight is 250 g/mol. The lowest BCUT2D eigenvalue weighted by Gasteiger charge is -2.35. The number of aliphatic hydroxyl groups is 2. The summed E-state index contributed by atoms with van der Waals surface area (Å²) in [4.78, 5) is 4.54. The van der Waals surface area contributed by atoms with Crippen molar-refractivity contribution in [2.45, 2.75) is 6.10 Å². The van der Waals surface area contributed by atoms with Gasteiger partial charge in [-0.05, 0) is 5.56 Å². The number of nitrogens with zero attached hydrogens (tertiary/aromatic N) is 2. The molecule has 100 valence electrons. The van der Waals surface area contributed by atoms with E-state index < -0.39 is 6.10 Å². The highest BCUT2D eigenvalue weighted by Crippen LogP contribution is 2.14. The van der Waals surface area contributed by atoms with E-state index in [-0.39, 0.29) is 6.61 Å². The topological polar surface area (TPSA) is 46.9 Å². The summed E-state index contributed by atoms with van der Waals surface area (Å²) in [6.45, 7) is 5.55. The summed E-state index contributed by atoms with van der Waals surface area (Å²) < 4.78 is 0. The zero-order chi connectivity index (χ0) is 12.8. The van der Waals surface area contributed by atoms with Crippen LogP contribution >= 0.6 is 0 Å². The van der Waals surface area contributed by atoms with Crippen LogP contribution in [0.5, 0.6) is 0 Å². The van der Waals surface area contributed by atoms with Gasteiger partial charge in [-0.2, -0.15) is 0 Å². The Kier molecular flexibility index (Phi) is 5.13. The molecular weight excluding hydrogens is 228 g/mol. The van der Waals surface area contributed by atoms with Crippen molar-refractivity contribution in [3.8, 4) is 0 Å². The quantitative estimate of drug-likeness (QED) is 0.790. The van der Waals surface area contributed by atoms with Gasteiger partial charge in [-0.15, -0.1) is 0 Å². The zero-order valence-corrected chi connectivity index (χ0v) is 10.7. The van der Waals surface area contributed by atoms with Crippen molar-refractivity contribution in [1.29, 1.82) is 0 Å². The Hall–Kier alpha value is -0.940. The molecule has 0 spiro atoms. The Labute approximate surface area is 108 Å². The summed E-state index contributed by atoms with van der Waals surface area (Å²) in [6.07, 6.45) is -0.407. The molecule has 1 atom stereocenters. The molecule has 1 aromatic rings. The summed E-state index contributed by atoms with van der Waals surface area (Å²) in [5.74, 6) is 0. The minimum absolute atomic E-state index is 0.229. The third-order valence-corrected chi connectivity index (χ3v) is 3.50. The first-order valence-corrected chi connectivity index (χ1v) is 6.58. The fraction of sp³-hybridized carbons (Fsp3) is 0.571. The first kappa shape index (κ1) is 13.5. The van der Waals surface area contributed by atoms with E-state index in [0.29, 0.717) is 6.54 Å². The van der Waals surface area contributed by atoms with Crippen molar-refractivity contribution < 1.29 is 10.2 Å². The summed E-state index contributed by atoms with van der Waals surface area (Å²) in [7, 11) is 0. The summed E-state index contributed by atoms with van der Waals surface area (Å²) >= 11 is 0. The Morgan fingerprint density at radius 2 is 1.61 bits per heavy atom. The lowest BCUT2D eigenvalue weighted by atomic mass is 10.1. The number of β-amino-alcohol motifs (C(OH)–C–C–N with tert-alkyl or cyclic N) is 2. The maximum absolute atomic E-state index is 10.1. The lowest BCUT2D eigenvalue weighted by Crippen LogP contribution is -2.48. The van der Waals surface area contributed by atoms with E-state index in [2.05, 4.69) is 9.80 Å². The predicted octanol–water partition coefficient (Wildman–Crippen LogP) is 0.330. The second-order valence-corrected chi connectivity index (χ2v) is 4.79. The molecule has 1 aliphatic heterocycles. The van der Waals surface area contributed by atoms with E-state index in [0.717, 1.165) is 38.3 Å². The molecule has 1 fully saturated rings. The smallest absolute Gasteiger partial charge is 0.0916 e. The van der Waals surface area contributed by atoms with Crippen LogP contribution in [0.25, 0.3) is 0 Å². The van der Waals surface area contributed by atoms with Crippen LogP contribution in [0.2, 0.25) is 0 Å². The van der Waals surface area contributed by atoms with Gasteiger partial charge in [0.25, 0.3) is 0 Å². The van der Waals surface area contributed by atoms with Crippen LogP contribution in [0, 0.1) is 0 Å². The third kappa shape index (κ3) is 3.78. The summed E-state index contributed by atoms with van der Waals surface area (Å²) in [5, 5.41) is 19.0. The van der Waals surface area contributed by atoms with Crippen molar-refractivity contribution in [2.75, 3.05) is 45.9 Å². The van der Waals surface area contributed by atoms with Crippen LogP contribution in [-0.4, -0.2) is 65.9 Å². The number of hydrogen-bond donors (Lipinski definition) is 2. The van der Waals surface area contributed by atoms with Crippen molar-refractivity contribution >= 4 is 0 Å². The Morgan fingerprint density at radius 1 is 1.00 bits per heavy atom. The van der Waals surface area contributed by atoms with Crippen LogP contribution in [-0.2, 0) is 0 Å². The fourth-order valence-corrected chi connectivity index (χ4v) is 2.36. The molecule has 1 aromatic carbocycles. The highest BCUT2D eigenvalue weighted by molar-refractivity contribution is 5.17. The minimum atomic E-state index is -0.407. The van der Waals surface area contributed by atoms with Gasteiger partial charge in [-0.3, -0.25) is 9.80 Å². The molecule has 0 saturated carbocycles.